The Morgan fingerprint density at radius 1 is 1.30 bits per heavy atom. The number of H-pyrrole nitrogens is 1. The van der Waals surface area contributed by atoms with Crippen molar-refractivity contribution in [1.29, 1.82) is 0 Å². The van der Waals surface area contributed by atoms with Crippen LogP contribution in [0.15, 0.2) is 24.3 Å². The normalized spacial score (nSPS) is 10.9. The van der Waals surface area contributed by atoms with Gasteiger partial charge in [-0.3, -0.25) is 9.59 Å². The van der Waals surface area contributed by atoms with Crippen molar-refractivity contribution in [2.75, 3.05) is 5.32 Å². The number of aromatic nitrogens is 1. The number of rotatable bonds is 5. The molecule has 0 aliphatic heterocycles. The molecule has 23 heavy (non-hydrogen) atoms. The van der Waals surface area contributed by atoms with Crippen molar-refractivity contribution in [2.24, 2.45) is 0 Å². The highest BCUT2D eigenvalue weighted by Crippen LogP contribution is 2.28. The first-order valence-electron chi connectivity index (χ1n) is 7.59. The molecule has 1 aromatic heterocycles. The lowest BCUT2D eigenvalue weighted by Crippen LogP contribution is -2.15. The molecule has 0 aliphatic carbocycles. The Kier molecular flexibility index (Phi) is 5.01. The number of aliphatic hydroxyl groups is 1. The van der Waals surface area contributed by atoms with Crippen molar-refractivity contribution < 1.29 is 14.7 Å². The molecule has 0 spiro atoms. The number of ketones is 1. The van der Waals surface area contributed by atoms with E-state index in [1.165, 1.54) is 6.92 Å². The zero-order valence-corrected chi connectivity index (χ0v) is 13.9. The molecular formula is C18H22N2O3. The maximum atomic E-state index is 12.6. The van der Waals surface area contributed by atoms with E-state index >= 15 is 0 Å². The van der Waals surface area contributed by atoms with Crippen molar-refractivity contribution in [2.45, 2.75) is 40.2 Å². The van der Waals surface area contributed by atoms with Gasteiger partial charge in [0.1, 0.15) is 5.69 Å². The molecule has 1 aromatic carbocycles. The fourth-order valence-electron chi connectivity index (χ4n) is 2.80. The van der Waals surface area contributed by atoms with Gasteiger partial charge in [0.2, 0.25) is 0 Å². The number of nitrogens with one attached hydrogen (secondary N) is 2. The van der Waals surface area contributed by atoms with Gasteiger partial charge in [0.05, 0.1) is 6.61 Å². The second-order valence-corrected chi connectivity index (χ2v) is 5.94. The fourth-order valence-corrected chi connectivity index (χ4v) is 2.80. The van der Waals surface area contributed by atoms with E-state index in [4.69, 9.17) is 0 Å². The molecule has 0 unspecified atom stereocenters. The molecule has 1 amide bonds. The molecule has 5 heteroatoms. The zero-order valence-electron chi connectivity index (χ0n) is 13.9. The molecule has 0 radical (unpaired) electrons. The van der Waals surface area contributed by atoms with Gasteiger partial charge in [-0.25, -0.2) is 0 Å². The molecule has 0 bridgehead atoms. The Bertz CT molecular complexity index is 745. The van der Waals surface area contributed by atoms with Crippen LogP contribution in [0, 0.1) is 6.92 Å². The maximum Gasteiger partial charge on any atom is 0.272 e. The number of aromatic amines is 1. The van der Waals surface area contributed by atoms with Gasteiger partial charge in [-0.05, 0) is 43.0 Å². The summed E-state index contributed by atoms with van der Waals surface area (Å²) in [6.45, 7) is 7.13. The summed E-state index contributed by atoms with van der Waals surface area (Å²) in [5.41, 5.74) is 3.78. The standard InChI is InChI=1S/C18H22N2O3/c1-10(2)15-16(12(4)22)11(3)19-17(15)18(23)20-14-7-5-6-13(8-14)9-21/h5-8,10,19,21H,9H2,1-4H3,(H,20,23). The number of amides is 1. The lowest BCUT2D eigenvalue weighted by molar-refractivity contribution is 0.101. The minimum absolute atomic E-state index is 0.0448. The summed E-state index contributed by atoms with van der Waals surface area (Å²) in [7, 11) is 0. The van der Waals surface area contributed by atoms with Crippen LogP contribution in [-0.2, 0) is 6.61 Å². The first-order valence-corrected chi connectivity index (χ1v) is 7.59. The predicted octanol–water partition coefficient (Wildman–Crippen LogP) is 3.39. The minimum atomic E-state index is -0.292. The lowest BCUT2D eigenvalue weighted by atomic mass is 9.95. The van der Waals surface area contributed by atoms with Crippen LogP contribution in [0.4, 0.5) is 5.69 Å². The van der Waals surface area contributed by atoms with E-state index in [1.54, 1.807) is 31.2 Å². The molecule has 0 saturated carbocycles. The maximum absolute atomic E-state index is 12.6. The molecule has 122 valence electrons. The smallest absolute Gasteiger partial charge is 0.272 e. The van der Waals surface area contributed by atoms with Crippen LogP contribution in [0.5, 0.6) is 0 Å². The Morgan fingerprint density at radius 2 is 2.00 bits per heavy atom. The van der Waals surface area contributed by atoms with Gasteiger partial charge in [-0.1, -0.05) is 26.0 Å². The quantitative estimate of drug-likeness (QED) is 0.740. The number of hydrogen-bond donors (Lipinski definition) is 3. The number of Topliss-reactive ketones (excluding diaryl/α,β-unsaturated/α-hetero) is 1. The Balaban J connectivity index is 2.39. The molecule has 2 aromatic rings. The monoisotopic (exact) mass is 314 g/mol. The highest BCUT2D eigenvalue weighted by atomic mass is 16.3. The Labute approximate surface area is 135 Å². The number of aliphatic hydroxyl groups excluding tert-OH is 1. The van der Waals surface area contributed by atoms with Crippen molar-refractivity contribution >= 4 is 17.4 Å². The molecule has 5 nitrogen and oxygen atoms in total. The van der Waals surface area contributed by atoms with Gasteiger partial charge in [-0.15, -0.1) is 0 Å². The SMILES string of the molecule is CC(=O)c1c(C)[nH]c(C(=O)Nc2cccc(CO)c2)c1C(C)C. The summed E-state index contributed by atoms with van der Waals surface area (Å²) in [4.78, 5) is 27.5. The highest BCUT2D eigenvalue weighted by Gasteiger charge is 2.24. The highest BCUT2D eigenvalue weighted by molar-refractivity contribution is 6.08. The van der Waals surface area contributed by atoms with Crippen LogP contribution in [0.3, 0.4) is 0 Å². The van der Waals surface area contributed by atoms with Crippen molar-refractivity contribution in [3.8, 4) is 0 Å². The summed E-state index contributed by atoms with van der Waals surface area (Å²) < 4.78 is 0. The molecule has 0 atom stereocenters. The van der Waals surface area contributed by atoms with E-state index in [-0.39, 0.29) is 24.2 Å². The first-order chi connectivity index (χ1) is 10.8. The molecule has 2 rings (SSSR count). The van der Waals surface area contributed by atoms with Gasteiger partial charge in [0.15, 0.2) is 5.78 Å². The molecule has 1 heterocycles. The lowest BCUT2D eigenvalue weighted by Gasteiger charge is -2.11. The summed E-state index contributed by atoms with van der Waals surface area (Å²) in [5.74, 6) is -0.299. The average molecular weight is 314 g/mol. The van der Waals surface area contributed by atoms with Crippen molar-refractivity contribution in [3.63, 3.8) is 0 Å². The van der Waals surface area contributed by atoms with Gasteiger partial charge >= 0.3 is 0 Å². The fraction of sp³-hybridized carbons (Fsp3) is 0.333. The minimum Gasteiger partial charge on any atom is -0.392 e. The number of benzene rings is 1. The summed E-state index contributed by atoms with van der Waals surface area (Å²) >= 11 is 0. The van der Waals surface area contributed by atoms with E-state index in [9.17, 15) is 14.7 Å². The van der Waals surface area contributed by atoms with Crippen LogP contribution >= 0.6 is 0 Å². The van der Waals surface area contributed by atoms with Crippen molar-refractivity contribution in [1.82, 2.24) is 4.98 Å². The number of carbonyl (C=O) groups excluding carboxylic acids is 2. The molecule has 3 N–H and O–H groups in total. The van der Waals surface area contributed by atoms with Gasteiger partial charge in [0, 0.05) is 16.9 Å². The van der Waals surface area contributed by atoms with E-state index < -0.39 is 0 Å². The summed E-state index contributed by atoms with van der Waals surface area (Å²) in [6.07, 6.45) is 0. The number of anilines is 1. The second-order valence-electron chi connectivity index (χ2n) is 5.94. The van der Waals surface area contributed by atoms with Crippen LogP contribution < -0.4 is 5.32 Å². The number of hydrogen-bond acceptors (Lipinski definition) is 3. The molecule has 0 fully saturated rings. The summed E-state index contributed by atoms with van der Waals surface area (Å²) in [6, 6.07) is 7.02. The molecule has 0 saturated heterocycles. The largest absolute Gasteiger partial charge is 0.392 e. The number of carbonyl (C=O) groups is 2. The summed E-state index contributed by atoms with van der Waals surface area (Å²) in [5, 5.41) is 12.0. The second kappa shape index (κ2) is 6.79. The Hall–Kier alpha value is -2.40. The van der Waals surface area contributed by atoms with Crippen molar-refractivity contribution in [3.05, 3.63) is 52.3 Å². The predicted molar refractivity (Wildman–Crippen MR) is 89.9 cm³/mol. The number of aryl methyl sites for hydroxylation is 1. The van der Waals surface area contributed by atoms with E-state index in [0.29, 0.717) is 22.6 Å². The topological polar surface area (TPSA) is 82.2 Å². The third-order valence-corrected chi connectivity index (χ3v) is 3.75. The van der Waals surface area contributed by atoms with Crippen LogP contribution in [0.2, 0.25) is 0 Å². The van der Waals surface area contributed by atoms with Gasteiger partial charge < -0.3 is 15.4 Å². The van der Waals surface area contributed by atoms with E-state index in [1.807, 2.05) is 13.8 Å². The van der Waals surface area contributed by atoms with Crippen LogP contribution in [0.25, 0.3) is 0 Å². The van der Waals surface area contributed by atoms with Crippen LogP contribution in [-0.4, -0.2) is 21.8 Å². The third kappa shape index (κ3) is 3.51. The first kappa shape index (κ1) is 17.0. The van der Waals surface area contributed by atoms with E-state index in [0.717, 1.165) is 11.1 Å². The van der Waals surface area contributed by atoms with Gasteiger partial charge in [-0.2, -0.15) is 0 Å². The third-order valence-electron chi connectivity index (χ3n) is 3.75. The van der Waals surface area contributed by atoms with Crippen LogP contribution in [0.1, 0.15) is 64.4 Å². The Morgan fingerprint density at radius 3 is 2.57 bits per heavy atom. The molecular weight excluding hydrogens is 292 g/mol. The molecule has 0 aliphatic rings. The van der Waals surface area contributed by atoms with E-state index in [2.05, 4.69) is 10.3 Å². The zero-order chi connectivity index (χ0) is 17.1. The van der Waals surface area contributed by atoms with Gasteiger partial charge in [0.25, 0.3) is 5.91 Å². The average Bonchev–Trinajstić information content (AvgIpc) is 2.85.